The molecule has 1 fully saturated rings. The molecule has 0 bridgehead atoms. The SMILES string of the molecule is CCCCCCCCC1(CCCCCCCC)c2cc([B]OC(C)(C)C(C)(C)O)ccc2-c2cc3c(cc21)-c1ccc(B2OC(C)(C)C(C)(C)O2)cc1C3(CCCCCCCC)CCCCCCCC. The zero-order valence-electron chi connectivity index (χ0n) is 47.2. The van der Waals surface area contributed by atoms with Gasteiger partial charge in [-0.2, -0.15) is 0 Å². The minimum atomic E-state index is -0.991. The first-order valence-electron chi connectivity index (χ1n) is 29.5. The molecule has 1 saturated heterocycles. The summed E-state index contributed by atoms with van der Waals surface area (Å²) in [5, 5.41) is 11.1. The highest BCUT2D eigenvalue weighted by molar-refractivity contribution is 6.62. The van der Waals surface area contributed by atoms with Gasteiger partial charge >= 0.3 is 14.6 Å². The van der Waals surface area contributed by atoms with E-state index in [1.54, 1.807) is 11.1 Å². The van der Waals surface area contributed by atoms with Crippen molar-refractivity contribution in [2.45, 2.75) is 296 Å². The largest absolute Gasteiger partial charge is 0.494 e. The van der Waals surface area contributed by atoms with Crippen LogP contribution in [0.3, 0.4) is 0 Å². The molecule has 1 aliphatic heterocycles. The van der Waals surface area contributed by atoms with Crippen LogP contribution in [-0.2, 0) is 24.8 Å². The molecule has 6 rings (SSSR count). The van der Waals surface area contributed by atoms with Crippen LogP contribution in [0.2, 0.25) is 0 Å². The van der Waals surface area contributed by atoms with Crippen LogP contribution in [0, 0.1) is 0 Å². The van der Waals surface area contributed by atoms with E-state index in [1.807, 2.05) is 35.2 Å². The van der Waals surface area contributed by atoms with Crippen molar-refractivity contribution in [1.29, 1.82) is 0 Å². The smallest absolute Gasteiger partial charge is 0.427 e. The quantitative estimate of drug-likeness (QED) is 0.0488. The summed E-state index contributed by atoms with van der Waals surface area (Å²) < 4.78 is 20.1. The lowest BCUT2D eigenvalue weighted by atomic mass is 9.67. The number of hydrogen-bond donors (Lipinski definition) is 1. The predicted molar refractivity (Wildman–Crippen MR) is 303 cm³/mol. The van der Waals surface area contributed by atoms with Crippen molar-refractivity contribution in [3.63, 3.8) is 0 Å². The topological polar surface area (TPSA) is 47.9 Å². The van der Waals surface area contributed by atoms with E-state index in [9.17, 15) is 5.11 Å². The average Bonchev–Trinajstić information content (AvgIpc) is 3.83. The van der Waals surface area contributed by atoms with Gasteiger partial charge in [0.15, 0.2) is 0 Å². The van der Waals surface area contributed by atoms with Gasteiger partial charge in [-0.25, -0.2) is 0 Å². The zero-order valence-corrected chi connectivity index (χ0v) is 47.2. The minimum Gasteiger partial charge on any atom is -0.427 e. The maximum absolute atomic E-state index is 11.1. The standard InChI is InChI=1S/C64H101B2O4/c1-13-17-21-25-29-33-41-63(42-34-30-26-22-18-14-2)55-45-49(65-68-60(7,8)59(5,6)67)37-39-51(55)53-47-58-54(48-57(53)63)52-40-38-50(66-69-61(9,10)62(11,12)70-66)46-56(52)64(58,43-35-31-27-23-19-15-3)44-36-32-28-24-20-16-4/h37-40,45-48,67H,13-36,41-44H2,1-12H3. The first kappa shape index (κ1) is 56.9. The molecule has 0 amide bonds. The third-order valence-corrected chi connectivity index (χ3v) is 18.2. The zero-order chi connectivity index (χ0) is 50.6. The molecule has 1 radical (unpaired) electrons. The number of fused-ring (bicyclic) bond motifs is 6. The molecule has 3 aromatic rings. The van der Waals surface area contributed by atoms with Crippen LogP contribution >= 0.6 is 0 Å². The normalized spacial score (nSPS) is 17.2. The van der Waals surface area contributed by atoms with E-state index in [0.29, 0.717) is 0 Å². The van der Waals surface area contributed by atoms with E-state index < -0.39 is 22.4 Å². The molecule has 0 aromatic heterocycles. The van der Waals surface area contributed by atoms with E-state index in [-0.39, 0.29) is 17.9 Å². The number of hydrogen-bond acceptors (Lipinski definition) is 4. The first-order chi connectivity index (χ1) is 33.4. The summed E-state index contributed by atoms with van der Waals surface area (Å²) in [5.74, 6) is 0. The van der Waals surface area contributed by atoms with Crippen molar-refractivity contribution >= 4 is 25.5 Å². The summed E-state index contributed by atoms with van der Waals surface area (Å²) >= 11 is 0. The van der Waals surface area contributed by atoms with Crippen LogP contribution in [0.5, 0.6) is 0 Å². The molecular weight excluding hydrogens is 854 g/mol. The first-order valence-corrected chi connectivity index (χ1v) is 29.5. The molecule has 2 aliphatic carbocycles. The van der Waals surface area contributed by atoms with Crippen molar-refractivity contribution < 1.29 is 19.1 Å². The van der Waals surface area contributed by atoms with Gasteiger partial charge in [0.1, 0.15) is 0 Å². The lowest BCUT2D eigenvalue weighted by molar-refractivity contribution is -0.0893. The molecule has 4 nitrogen and oxygen atoms in total. The number of aliphatic hydroxyl groups is 1. The van der Waals surface area contributed by atoms with Gasteiger partial charge in [-0.15, -0.1) is 0 Å². The molecule has 0 unspecified atom stereocenters. The third-order valence-electron chi connectivity index (χ3n) is 18.2. The molecule has 6 heteroatoms. The Morgan fingerprint density at radius 1 is 0.457 bits per heavy atom. The van der Waals surface area contributed by atoms with Crippen molar-refractivity contribution in [1.82, 2.24) is 0 Å². The molecule has 1 N–H and O–H groups in total. The fraction of sp³-hybridized carbons (Fsp3) is 0.719. The van der Waals surface area contributed by atoms with Gasteiger partial charge in [-0.1, -0.05) is 224 Å². The van der Waals surface area contributed by atoms with Crippen LogP contribution in [0.25, 0.3) is 22.3 Å². The monoisotopic (exact) mass is 956 g/mol. The number of benzene rings is 3. The summed E-state index contributed by atoms with van der Waals surface area (Å²) in [7, 11) is 1.55. The maximum atomic E-state index is 11.1. The van der Waals surface area contributed by atoms with Crippen LogP contribution < -0.4 is 10.9 Å². The van der Waals surface area contributed by atoms with E-state index in [0.717, 1.165) is 10.9 Å². The van der Waals surface area contributed by atoms with E-state index >= 15 is 0 Å². The van der Waals surface area contributed by atoms with Gasteiger partial charge in [0.25, 0.3) is 0 Å². The van der Waals surface area contributed by atoms with E-state index in [4.69, 9.17) is 14.0 Å². The Hall–Kier alpha value is -2.37. The molecular formula is C64H101B2O4. The summed E-state index contributed by atoms with van der Waals surface area (Å²) in [5.41, 5.74) is 11.5. The van der Waals surface area contributed by atoms with Gasteiger partial charge in [0.2, 0.25) is 0 Å². The van der Waals surface area contributed by atoms with E-state index in [1.165, 1.54) is 213 Å². The number of unbranched alkanes of at least 4 members (excludes halogenated alkanes) is 20. The van der Waals surface area contributed by atoms with Crippen LogP contribution in [0.15, 0.2) is 48.5 Å². The molecule has 3 aliphatic rings. The Morgan fingerprint density at radius 3 is 1.19 bits per heavy atom. The lowest BCUT2D eigenvalue weighted by Crippen LogP contribution is -2.49. The fourth-order valence-corrected chi connectivity index (χ4v) is 12.2. The van der Waals surface area contributed by atoms with E-state index in [2.05, 4.69) is 104 Å². The Balaban J connectivity index is 1.53. The molecule has 0 saturated carbocycles. The minimum absolute atomic E-state index is 0.0803. The van der Waals surface area contributed by atoms with Gasteiger partial charge in [-0.3, -0.25) is 0 Å². The van der Waals surface area contributed by atoms with Crippen LogP contribution in [0.1, 0.15) is 285 Å². The highest BCUT2D eigenvalue weighted by Gasteiger charge is 2.53. The highest BCUT2D eigenvalue weighted by atomic mass is 16.7. The highest BCUT2D eigenvalue weighted by Crippen LogP contribution is 2.61. The van der Waals surface area contributed by atoms with Gasteiger partial charge < -0.3 is 19.1 Å². The molecule has 387 valence electrons. The second-order valence-electron chi connectivity index (χ2n) is 24.7. The van der Waals surface area contributed by atoms with Crippen molar-refractivity contribution in [2.24, 2.45) is 0 Å². The molecule has 0 atom stereocenters. The third kappa shape index (κ3) is 12.9. The van der Waals surface area contributed by atoms with Crippen LogP contribution in [-0.4, -0.2) is 42.1 Å². The Kier molecular flexibility index (Phi) is 20.5. The van der Waals surface area contributed by atoms with Crippen molar-refractivity contribution in [2.75, 3.05) is 0 Å². The summed E-state index contributed by atoms with van der Waals surface area (Å²) in [4.78, 5) is 0. The Labute approximate surface area is 431 Å². The Morgan fingerprint density at radius 2 is 0.800 bits per heavy atom. The lowest BCUT2D eigenvalue weighted by Gasteiger charge is -2.37. The molecule has 0 spiro atoms. The summed E-state index contributed by atoms with van der Waals surface area (Å²) in [6, 6.07) is 20.1. The average molecular weight is 956 g/mol. The predicted octanol–water partition coefficient (Wildman–Crippen LogP) is 17.3. The second-order valence-corrected chi connectivity index (χ2v) is 24.7. The summed E-state index contributed by atoms with van der Waals surface area (Å²) in [6.45, 7) is 25.7. The number of rotatable bonds is 33. The van der Waals surface area contributed by atoms with Crippen molar-refractivity contribution in [3.8, 4) is 22.3 Å². The maximum Gasteiger partial charge on any atom is 0.494 e. The molecule has 3 aromatic carbocycles. The fourth-order valence-electron chi connectivity index (χ4n) is 12.2. The van der Waals surface area contributed by atoms with Crippen LogP contribution in [0.4, 0.5) is 0 Å². The van der Waals surface area contributed by atoms with Gasteiger partial charge in [-0.05, 0) is 143 Å². The molecule has 70 heavy (non-hydrogen) atoms. The molecule has 1 heterocycles. The summed E-state index contributed by atoms with van der Waals surface area (Å²) in [6.07, 6.45) is 35.8. The van der Waals surface area contributed by atoms with Gasteiger partial charge in [0.05, 0.1) is 22.4 Å². The Bertz CT molecular complexity index is 2040. The van der Waals surface area contributed by atoms with Gasteiger partial charge in [0, 0.05) is 10.8 Å². The second kappa shape index (κ2) is 25.2. The van der Waals surface area contributed by atoms with Crippen molar-refractivity contribution in [3.05, 3.63) is 70.8 Å².